The van der Waals surface area contributed by atoms with Gasteiger partial charge in [-0.15, -0.1) is 0 Å². The van der Waals surface area contributed by atoms with Gasteiger partial charge >= 0.3 is 0 Å². The fraction of sp³-hybridized carbons (Fsp3) is 0.714. The number of hydrogen-bond donors (Lipinski definition) is 1. The van der Waals surface area contributed by atoms with E-state index in [-0.39, 0.29) is 5.60 Å². The van der Waals surface area contributed by atoms with E-state index in [4.69, 9.17) is 4.74 Å². The van der Waals surface area contributed by atoms with Gasteiger partial charge in [-0.2, -0.15) is 0 Å². The van der Waals surface area contributed by atoms with Crippen LogP contribution >= 0.6 is 0 Å². The first-order chi connectivity index (χ1) is 9.04. The second-order valence-electron chi connectivity index (χ2n) is 5.53. The summed E-state index contributed by atoms with van der Waals surface area (Å²) < 4.78 is 5.62. The molecule has 0 bridgehead atoms. The maximum atomic E-state index is 5.62. The number of ether oxygens (including phenoxy) is 1. The van der Waals surface area contributed by atoms with Crippen molar-refractivity contribution in [1.82, 2.24) is 14.9 Å². The van der Waals surface area contributed by atoms with Gasteiger partial charge in [0.1, 0.15) is 11.6 Å². The van der Waals surface area contributed by atoms with E-state index in [9.17, 15) is 0 Å². The highest BCUT2D eigenvalue weighted by Crippen LogP contribution is 2.24. The van der Waals surface area contributed by atoms with Crippen molar-refractivity contribution in [2.45, 2.75) is 38.8 Å². The van der Waals surface area contributed by atoms with Crippen LogP contribution in [0.2, 0.25) is 0 Å². The van der Waals surface area contributed by atoms with Crippen LogP contribution in [0, 0.1) is 6.92 Å². The summed E-state index contributed by atoms with van der Waals surface area (Å²) in [5.74, 6) is 1.76. The number of methoxy groups -OCH3 is 1. The molecular formula is C14H24N4O. The Balaban J connectivity index is 2.06. The molecule has 0 aliphatic carbocycles. The first-order valence-electron chi connectivity index (χ1n) is 6.84. The number of rotatable bonds is 4. The summed E-state index contributed by atoms with van der Waals surface area (Å²) >= 11 is 0. The average molecular weight is 264 g/mol. The van der Waals surface area contributed by atoms with Crippen molar-refractivity contribution in [3.05, 3.63) is 17.6 Å². The number of nitrogens with one attached hydrogen (secondary N) is 1. The molecule has 1 N–H and O–H groups in total. The van der Waals surface area contributed by atoms with Crippen molar-refractivity contribution in [3.63, 3.8) is 0 Å². The molecule has 1 aliphatic heterocycles. The Labute approximate surface area is 115 Å². The normalized spacial score (nSPS) is 24.4. The molecule has 19 heavy (non-hydrogen) atoms. The van der Waals surface area contributed by atoms with Gasteiger partial charge in [-0.1, -0.05) is 0 Å². The predicted molar refractivity (Wildman–Crippen MR) is 76.2 cm³/mol. The lowest BCUT2D eigenvalue weighted by atomic mass is 9.95. The fourth-order valence-corrected chi connectivity index (χ4v) is 2.64. The monoisotopic (exact) mass is 264 g/mol. The lowest BCUT2D eigenvalue weighted by molar-refractivity contribution is -0.0532. The van der Waals surface area contributed by atoms with Gasteiger partial charge in [0.25, 0.3) is 0 Å². The summed E-state index contributed by atoms with van der Waals surface area (Å²) in [4.78, 5) is 11.4. The van der Waals surface area contributed by atoms with Crippen LogP contribution in [0.1, 0.15) is 31.3 Å². The molecule has 1 unspecified atom stereocenters. The largest absolute Gasteiger partial charge is 0.377 e. The van der Waals surface area contributed by atoms with E-state index in [0.29, 0.717) is 0 Å². The van der Waals surface area contributed by atoms with Crippen LogP contribution in [0.15, 0.2) is 6.07 Å². The quantitative estimate of drug-likeness (QED) is 0.899. The number of aromatic nitrogens is 2. The molecule has 1 aromatic heterocycles. The third-order valence-electron chi connectivity index (χ3n) is 3.75. The van der Waals surface area contributed by atoms with Crippen molar-refractivity contribution in [1.29, 1.82) is 0 Å². The third-order valence-corrected chi connectivity index (χ3v) is 3.75. The van der Waals surface area contributed by atoms with Crippen molar-refractivity contribution in [3.8, 4) is 0 Å². The van der Waals surface area contributed by atoms with E-state index in [1.807, 2.05) is 20.0 Å². The minimum atomic E-state index is -0.0338. The Morgan fingerprint density at radius 2 is 2.26 bits per heavy atom. The molecule has 0 amide bonds. The number of likely N-dealkylation sites (tertiary alicyclic amines) is 1. The summed E-state index contributed by atoms with van der Waals surface area (Å²) in [5, 5.41) is 3.08. The van der Waals surface area contributed by atoms with E-state index in [0.717, 1.165) is 49.8 Å². The molecule has 2 heterocycles. The standard InChI is InChI=1S/C14H24N4O/c1-11-8-12(15-3)17-13(16-11)9-18-7-5-6-14(2,10-18)19-4/h8H,5-7,9-10H2,1-4H3,(H,15,16,17). The van der Waals surface area contributed by atoms with Gasteiger partial charge in [-0.25, -0.2) is 9.97 Å². The zero-order valence-electron chi connectivity index (χ0n) is 12.4. The molecular weight excluding hydrogens is 240 g/mol. The Hall–Kier alpha value is -1.20. The molecule has 5 heteroatoms. The average Bonchev–Trinajstić information content (AvgIpc) is 2.38. The maximum Gasteiger partial charge on any atom is 0.144 e. The van der Waals surface area contributed by atoms with Crippen molar-refractivity contribution in [2.75, 3.05) is 32.6 Å². The molecule has 0 radical (unpaired) electrons. The second kappa shape index (κ2) is 5.84. The SMILES string of the molecule is CNc1cc(C)nc(CN2CCCC(C)(OC)C2)n1. The fourth-order valence-electron chi connectivity index (χ4n) is 2.64. The van der Waals surface area contributed by atoms with Crippen LogP contribution in [0.4, 0.5) is 5.82 Å². The van der Waals surface area contributed by atoms with Gasteiger partial charge in [-0.05, 0) is 33.2 Å². The molecule has 2 rings (SSSR count). The van der Waals surface area contributed by atoms with Gasteiger partial charge in [0.05, 0.1) is 12.1 Å². The number of piperidine rings is 1. The highest BCUT2D eigenvalue weighted by molar-refractivity contribution is 5.34. The zero-order chi connectivity index (χ0) is 13.9. The Bertz CT molecular complexity index is 437. The van der Waals surface area contributed by atoms with Crippen molar-refractivity contribution < 1.29 is 4.74 Å². The first kappa shape index (κ1) is 14.2. The Kier molecular flexibility index (Phi) is 4.37. The van der Waals surface area contributed by atoms with Crippen LogP contribution < -0.4 is 5.32 Å². The van der Waals surface area contributed by atoms with Crippen molar-refractivity contribution in [2.24, 2.45) is 0 Å². The zero-order valence-corrected chi connectivity index (χ0v) is 12.4. The smallest absolute Gasteiger partial charge is 0.144 e. The molecule has 1 fully saturated rings. The van der Waals surface area contributed by atoms with Crippen LogP contribution in [-0.2, 0) is 11.3 Å². The summed E-state index contributed by atoms with van der Waals surface area (Å²) in [6.45, 7) is 6.99. The highest BCUT2D eigenvalue weighted by atomic mass is 16.5. The van der Waals surface area contributed by atoms with Gasteiger partial charge in [0.15, 0.2) is 0 Å². The van der Waals surface area contributed by atoms with Crippen molar-refractivity contribution >= 4 is 5.82 Å². The summed E-state index contributed by atoms with van der Waals surface area (Å²) in [5.41, 5.74) is 0.967. The first-order valence-corrected chi connectivity index (χ1v) is 6.84. The molecule has 1 aromatic rings. The van der Waals surface area contributed by atoms with Gasteiger partial charge < -0.3 is 10.1 Å². The molecule has 106 valence electrons. The molecule has 1 saturated heterocycles. The number of anilines is 1. The highest BCUT2D eigenvalue weighted by Gasteiger charge is 2.30. The van der Waals surface area contributed by atoms with E-state index >= 15 is 0 Å². The summed E-state index contributed by atoms with van der Waals surface area (Å²) in [6, 6.07) is 1.96. The van der Waals surface area contributed by atoms with Gasteiger partial charge in [0.2, 0.25) is 0 Å². The van der Waals surface area contributed by atoms with Gasteiger partial charge in [-0.3, -0.25) is 4.90 Å². The summed E-state index contributed by atoms with van der Waals surface area (Å²) in [6.07, 6.45) is 2.28. The van der Waals surface area contributed by atoms with E-state index < -0.39 is 0 Å². The summed E-state index contributed by atoms with van der Waals surface area (Å²) in [7, 11) is 3.68. The number of nitrogens with zero attached hydrogens (tertiary/aromatic N) is 3. The maximum absolute atomic E-state index is 5.62. The van der Waals surface area contributed by atoms with Crippen LogP contribution in [-0.4, -0.2) is 47.7 Å². The molecule has 1 aliphatic rings. The minimum Gasteiger partial charge on any atom is -0.377 e. The topological polar surface area (TPSA) is 50.3 Å². The second-order valence-corrected chi connectivity index (χ2v) is 5.53. The van der Waals surface area contributed by atoms with E-state index in [2.05, 4.69) is 27.1 Å². The Morgan fingerprint density at radius 1 is 1.47 bits per heavy atom. The van der Waals surface area contributed by atoms with Crippen LogP contribution in [0.25, 0.3) is 0 Å². The molecule has 0 aromatic carbocycles. The molecule has 0 saturated carbocycles. The lowest BCUT2D eigenvalue weighted by Gasteiger charge is -2.39. The lowest BCUT2D eigenvalue weighted by Crippen LogP contribution is -2.47. The molecule has 0 spiro atoms. The third kappa shape index (κ3) is 3.64. The van der Waals surface area contributed by atoms with Gasteiger partial charge in [0, 0.05) is 32.5 Å². The van der Waals surface area contributed by atoms with E-state index in [1.54, 1.807) is 7.11 Å². The Morgan fingerprint density at radius 3 is 2.95 bits per heavy atom. The molecule has 1 atom stereocenters. The molecule has 5 nitrogen and oxygen atoms in total. The number of aryl methyl sites for hydroxylation is 1. The minimum absolute atomic E-state index is 0.0338. The van der Waals surface area contributed by atoms with E-state index in [1.165, 1.54) is 0 Å². The van der Waals surface area contributed by atoms with Crippen LogP contribution in [0.3, 0.4) is 0 Å². The van der Waals surface area contributed by atoms with Crippen LogP contribution in [0.5, 0.6) is 0 Å². The predicted octanol–water partition coefficient (Wildman–Crippen LogP) is 1.83. The number of hydrogen-bond acceptors (Lipinski definition) is 5.